The number of anilines is 2. The maximum absolute atomic E-state index is 13.4. The Morgan fingerprint density at radius 1 is 0.967 bits per heavy atom. The van der Waals surface area contributed by atoms with Gasteiger partial charge in [0.2, 0.25) is 5.78 Å². The van der Waals surface area contributed by atoms with Gasteiger partial charge >= 0.3 is 0 Å². The lowest BCUT2D eigenvalue weighted by molar-refractivity contribution is 0.104. The van der Waals surface area contributed by atoms with Crippen molar-refractivity contribution in [3.63, 3.8) is 0 Å². The van der Waals surface area contributed by atoms with Crippen LogP contribution in [0.4, 0.5) is 15.8 Å². The van der Waals surface area contributed by atoms with E-state index in [4.69, 9.17) is 0 Å². The minimum absolute atomic E-state index is 0.0980. The topological polar surface area (TPSA) is 66.5 Å². The molecule has 1 aliphatic rings. The molecule has 5 nitrogen and oxygen atoms in total. The standard InChI is InChI=1S/C23H19FN2O3S/c1-16-6-8-17(9-7-16)15-26-21-5-3-2-4-20(21)23(27)22(30(26,28)29)14-25-19-12-10-18(24)11-13-19/h2-14,25H,15H2,1H3/b22-14+. The SMILES string of the molecule is Cc1ccc(CN2c3ccccc3C(=O)/C(=C\Nc3ccc(F)cc3)S2(=O)=O)cc1. The van der Waals surface area contributed by atoms with Crippen LogP contribution in [-0.2, 0) is 16.6 Å². The Morgan fingerprint density at radius 2 is 1.63 bits per heavy atom. The third-order valence-electron chi connectivity index (χ3n) is 4.87. The monoisotopic (exact) mass is 422 g/mol. The molecule has 3 aromatic rings. The number of fused-ring (bicyclic) bond motifs is 1. The molecule has 0 saturated heterocycles. The number of ketones is 1. The van der Waals surface area contributed by atoms with Crippen LogP contribution in [0.15, 0.2) is 83.9 Å². The van der Waals surface area contributed by atoms with Crippen LogP contribution in [0.3, 0.4) is 0 Å². The molecule has 0 amide bonds. The Morgan fingerprint density at radius 3 is 2.33 bits per heavy atom. The smallest absolute Gasteiger partial charge is 0.270 e. The maximum atomic E-state index is 13.4. The number of rotatable bonds is 4. The Bertz CT molecular complexity index is 1230. The molecule has 0 fully saturated rings. The summed E-state index contributed by atoms with van der Waals surface area (Å²) in [5.41, 5.74) is 3.00. The number of hydrogen-bond donors (Lipinski definition) is 1. The Balaban J connectivity index is 1.76. The van der Waals surface area contributed by atoms with Crippen LogP contribution in [-0.4, -0.2) is 14.2 Å². The first-order chi connectivity index (χ1) is 14.4. The van der Waals surface area contributed by atoms with Crippen LogP contribution in [0.2, 0.25) is 0 Å². The molecule has 0 spiro atoms. The highest BCUT2D eigenvalue weighted by Crippen LogP contribution is 2.36. The molecule has 1 aliphatic heterocycles. The predicted molar refractivity (Wildman–Crippen MR) is 115 cm³/mol. The van der Waals surface area contributed by atoms with E-state index in [-0.39, 0.29) is 11.4 Å². The fourth-order valence-electron chi connectivity index (χ4n) is 3.25. The van der Waals surface area contributed by atoms with Gasteiger partial charge < -0.3 is 5.32 Å². The zero-order valence-electron chi connectivity index (χ0n) is 16.2. The largest absolute Gasteiger partial charge is 0.360 e. The van der Waals surface area contributed by atoms with Crippen molar-refractivity contribution in [3.8, 4) is 0 Å². The molecule has 0 aliphatic carbocycles. The number of aryl methyl sites for hydroxylation is 1. The highest BCUT2D eigenvalue weighted by molar-refractivity contribution is 7.97. The van der Waals surface area contributed by atoms with Crippen molar-refractivity contribution in [1.82, 2.24) is 0 Å². The summed E-state index contributed by atoms with van der Waals surface area (Å²) < 4.78 is 41.1. The lowest BCUT2D eigenvalue weighted by atomic mass is 10.1. The van der Waals surface area contributed by atoms with Gasteiger partial charge in [0.25, 0.3) is 10.0 Å². The molecule has 3 aromatic carbocycles. The normalized spacial score (nSPS) is 16.4. The molecule has 152 valence electrons. The maximum Gasteiger partial charge on any atom is 0.270 e. The summed E-state index contributed by atoms with van der Waals surface area (Å²) >= 11 is 0. The van der Waals surface area contributed by atoms with E-state index >= 15 is 0 Å². The zero-order valence-corrected chi connectivity index (χ0v) is 17.0. The van der Waals surface area contributed by atoms with Crippen molar-refractivity contribution < 1.29 is 17.6 Å². The first-order valence-corrected chi connectivity index (χ1v) is 10.7. The second-order valence-electron chi connectivity index (χ2n) is 7.00. The fraction of sp³-hybridized carbons (Fsp3) is 0.0870. The summed E-state index contributed by atoms with van der Waals surface area (Å²) in [5.74, 6) is -0.992. The lowest BCUT2D eigenvalue weighted by Crippen LogP contribution is -2.39. The molecule has 30 heavy (non-hydrogen) atoms. The fourth-order valence-corrected chi connectivity index (χ4v) is 4.77. The average Bonchev–Trinajstić information content (AvgIpc) is 2.73. The van der Waals surface area contributed by atoms with Gasteiger partial charge in [0.15, 0.2) is 4.91 Å². The quantitative estimate of drug-likeness (QED) is 0.623. The number of nitrogens with zero attached hydrogens (tertiary/aromatic N) is 1. The van der Waals surface area contributed by atoms with Crippen LogP contribution in [0, 0.1) is 12.7 Å². The van der Waals surface area contributed by atoms with Crippen molar-refractivity contribution >= 4 is 27.2 Å². The molecule has 1 heterocycles. The molecule has 0 bridgehead atoms. The zero-order chi connectivity index (χ0) is 21.3. The van der Waals surface area contributed by atoms with E-state index in [1.807, 2.05) is 31.2 Å². The van der Waals surface area contributed by atoms with Gasteiger partial charge in [-0.05, 0) is 48.9 Å². The second kappa shape index (κ2) is 7.76. The van der Waals surface area contributed by atoms with E-state index < -0.39 is 21.6 Å². The number of hydrogen-bond acceptors (Lipinski definition) is 4. The highest BCUT2D eigenvalue weighted by Gasteiger charge is 2.40. The van der Waals surface area contributed by atoms with Crippen LogP contribution in [0.25, 0.3) is 0 Å². The number of carbonyl (C=O) groups excluding carboxylic acids is 1. The predicted octanol–water partition coefficient (Wildman–Crippen LogP) is 4.62. The van der Waals surface area contributed by atoms with Gasteiger partial charge in [-0.25, -0.2) is 12.8 Å². The van der Waals surface area contributed by atoms with Gasteiger partial charge in [0.1, 0.15) is 5.82 Å². The molecule has 0 atom stereocenters. The first-order valence-electron chi connectivity index (χ1n) is 9.30. The van der Waals surface area contributed by atoms with E-state index in [1.54, 1.807) is 24.3 Å². The van der Waals surface area contributed by atoms with E-state index in [1.165, 1.54) is 34.8 Å². The van der Waals surface area contributed by atoms with E-state index in [0.29, 0.717) is 16.9 Å². The highest BCUT2D eigenvalue weighted by atomic mass is 32.2. The van der Waals surface area contributed by atoms with Crippen LogP contribution < -0.4 is 9.62 Å². The molecule has 7 heteroatoms. The number of para-hydroxylation sites is 1. The molecule has 0 unspecified atom stereocenters. The van der Waals surface area contributed by atoms with Crippen molar-refractivity contribution in [3.05, 3.63) is 106 Å². The number of halogens is 1. The summed E-state index contributed by atoms with van der Waals surface area (Å²) in [7, 11) is -4.11. The first kappa shape index (κ1) is 19.8. The number of allylic oxidation sites excluding steroid dienone is 1. The van der Waals surface area contributed by atoms with Gasteiger partial charge in [-0.15, -0.1) is 0 Å². The number of benzene rings is 3. The summed E-state index contributed by atoms with van der Waals surface area (Å²) in [4.78, 5) is 12.6. The molecule has 4 rings (SSSR count). The van der Waals surface area contributed by atoms with Crippen LogP contribution in [0.5, 0.6) is 0 Å². The number of carbonyl (C=O) groups is 1. The van der Waals surface area contributed by atoms with E-state index in [9.17, 15) is 17.6 Å². The van der Waals surface area contributed by atoms with Crippen molar-refractivity contribution in [1.29, 1.82) is 0 Å². The van der Waals surface area contributed by atoms with E-state index in [0.717, 1.165) is 11.1 Å². The number of sulfonamides is 1. The molecule has 0 aromatic heterocycles. The van der Waals surface area contributed by atoms with Gasteiger partial charge in [-0.3, -0.25) is 9.10 Å². The molecular weight excluding hydrogens is 403 g/mol. The number of nitrogens with one attached hydrogen (secondary N) is 1. The third kappa shape index (κ3) is 3.71. The van der Waals surface area contributed by atoms with Crippen molar-refractivity contribution in [2.45, 2.75) is 13.5 Å². The van der Waals surface area contributed by atoms with Gasteiger partial charge in [0, 0.05) is 17.5 Å². The molecule has 0 saturated carbocycles. The van der Waals surface area contributed by atoms with Gasteiger partial charge in [-0.1, -0.05) is 42.0 Å². The minimum Gasteiger partial charge on any atom is -0.360 e. The van der Waals surface area contributed by atoms with Gasteiger partial charge in [-0.2, -0.15) is 0 Å². The van der Waals surface area contributed by atoms with Crippen molar-refractivity contribution in [2.24, 2.45) is 0 Å². The van der Waals surface area contributed by atoms with Crippen LogP contribution in [0.1, 0.15) is 21.5 Å². The summed E-state index contributed by atoms with van der Waals surface area (Å²) in [6, 6.07) is 19.6. The Hall–Kier alpha value is -3.45. The van der Waals surface area contributed by atoms with Gasteiger partial charge in [0.05, 0.1) is 12.2 Å². The Kier molecular flexibility index (Phi) is 5.13. The minimum atomic E-state index is -4.11. The van der Waals surface area contributed by atoms with Crippen LogP contribution >= 0.6 is 0 Å². The lowest BCUT2D eigenvalue weighted by Gasteiger charge is -2.31. The summed E-state index contributed by atoms with van der Waals surface area (Å²) in [6.45, 7) is 2.05. The number of Topliss-reactive ketones (excluding diaryl/α,β-unsaturated/α-hetero) is 1. The molecule has 1 N–H and O–H groups in total. The summed E-state index contributed by atoms with van der Waals surface area (Å²) in [6.07, 6.45) is 1.17. The van der Waals surface area contributed by atoms with Crippen molar-refractivity contribution in [2.75, 3.05) is 9.62 Å². The third-order valence-corrected chi connectivity index (χ3v) is 6.64. The average molecular weight is 422 g/mol. The molecular formula is C23H19FN2O3S. The van der Waals surface area contributed by atoms with E-state index in [2.05, 4.69) is 5.32 Å². The Labute approximate surface area is 174 Å². The summed E-state index contributed by atoms with van der Waals surface area (Å²) in [5, 5.41) is 2.79. The second-order valence-corrected chi connectivity index (χ2v) is 8.83. The molecule has 0 radical (unpaired) electrons.